The fourth-order valence-electron chi connectivity index (χ4n) is 2.14. The van der Waals surface area contributed by atoms with Gasteiger partial charge < -0.3 is 24.9 Å². The second-order valence-electron chi connectivity index (χ2n) is 4.57. The summed E-state index contributed by atoms with van der Waals surface area (Å²) in [5.41, 5.74) is 1.25. The highest BCUT2D eigenvalue weighted by Gasteiger charge is 2.18. The quantitative estimate of drug-likeness (QED) is 0.727. The molecule has 9 heteroatoms. The number of carboxylic acids is 1. The minimum Gasteiger partial charge on any atom is -0.480 e. The van der Waals surface area contributed by atoms with Crippen LogP contribution in [0, 0.1) is 16.1 Å². The van der Waals surface area contributed by atoms with Crippen LogP contribution in [0.25, 0.3) is 11.3 Å². The van der Waals surface area contributed by atoms with E-state index in [0.717, 1.165) is 0 Å². The number of rotatable bonds is 4. The molecular weight excluding hydrogens is 320 g/mol. The molecule has 0 aliphatic carbocycles. The van der Waals surface area contributed by atoms with Crippen molar-refractivity contribution in [2.75, 3.05) is 18.7 Å². The molecule has 8 nitrogen and oxygen atoms in total. The normalized spacial score (nSPS) is 11.8. The van der Waals surface area contributed by atoms with Gasteiger partial charge in [-0.2, -0.15) is 5.26 Å². The summed E-state index contributed by atoms with van der Waals surface area (Å²) in [5.74, 6) is 0.220. The van der Waals surface area contributed by atoms with Crippen molar-refractivity contribution in [1.29, 1.82) is 5.26 Å². The summed E-state index contributed by atoms with van der Waals surface area (Å²) in [6, 6.07) is 7.20. The molecule has 0 fully saturated rings. The van der Waals surface area contributed by atoms with E-state index in [-0.39, 0.29) is 29.5 Å². The highest BCUT2D eigenvalue weighted by Crippen LogP contribution is 2.36. The second-order valence-corrected chi connectivity index (χ2v) is 4.95. The van der Waals surface area contributed by atoms with Crippen molar-refractivity contribution >= 4 is 24.0 Å². The monoisotopic (exact) mass is 330 g/mol. The molecule has 0 saturated carbocycles. The van der Waals surface area contributed by atoms with E-state index in [2.05, 4.69) is 15.3 Å². The predicted molar refractivity (Wildman–Crippen MR) is 81.8 cm³/mol. The molecule has 0 saturated heterocycles. The summed E-state index contributed by atoms with van der Waals surface area (Å²) < 4.78 is 10.7. The molecule has 0 atom stereocenters. The molecule has 3 rings (SSSR count). The Morgan fingerprint density at radius 1 is 1.48 bits per heavy atom. The third-order valence-corrected chi connectivity index (χ3v) is 3.31. The summed E-state index contributed by atoms with van der Waals surface area (Å²) in [5, 5.41) is 20.8. The Labute approximate surface area is 135 Å². The highest BCUT2D eigenvalue weighted by atomic mass is 32.1. The molecule has 116 valence electrons. The van der Waals surface area contributed by atoms with Gasteiger partial charge in [-0.05, 0) is 30.4 Å². The summed E-state index contributed by atoms with van der Waals surface area (Å²) in [6.45, 7) is -0.233. The van der Waals surface area contributed by atoms with Crippen molar-refractivity contribution in [3.8, 4) is 28.8 Å². The Hall–Kier alpha value is -3.12. The van der Waals surface area contributed by atoms with Crippen LogP contribution in [0.4, 0.5) is 5.82 Å². The number of aromatic nitrogens is 2. The average Bonchev–Trinajstić information content (AvgIpc) is 2.99. The van der Waals surface area contributed by atoms with Gasteiger partial charge in [-0.15, -0.1) is 0 Å². The maximum absolute atomic E-state index is 10.7. The van der Waals surface area contributed by atoms with Crippen LogP contribution in [0.15, 0.2) is 18.2 Å². The van der Waals surface area contributed by atoms with Crippen LogP contribution >= 0.6 is 12.2 Å². The van der Waals surface area contributed by atoms with Crippen LogP contribution in [-0.2, 0) is 4.79 Å². The largest absolute Gasteiger partial charge is 0.480 e. The molecule has 0 radical (unpaired) electrons. The van der Waals surface area contributed by atoms with Gasteiger partial charge in [-0.1, -0.05) is 0 Å². The topological polar surface area (TPSA) is 120 Å². The summed E-state index contributed by atoms with van der Waals surface area (Å²) in [7, 11) is 0. The minimum atomic E-state index is -1.07. The van der Waals surface area contributed by atoms with E-state index in [9.17, 15) is 10.1 Å². The number of benzene rings is 1. The number of fused-ring (bicyclic) bond motifs is 1. The van der Waals surface area contributed by atoms with Gasteiger partial charge in [0, 0.05) is 5.56 Å². The van der Waals surface area contributed by atoms with E-state index < -0.39 is 5.97 Å². The Morgan fingerprint density at radius 3 is 3.00 bits per heavy atom. The number of carbonyl (C=O) groups is 1. The van der Waals surface area contributed by atoms with Crippen LogP contribution in [0.2, 0.25) is 0 Å². The number of aromatic amines is 1. The van der Waals surface area contributed by atoms with E-state index in [1.807, 2.05) is 6.07 Å². The van der Waals surface area contributed by atoms with Crippen molar-refractivity contribution in [1.82, 2.24) is 9.97 Å². The summed E-state index contributed by atoms with van der Waals surface area (Å²) in [4.78, 5) is 17.5. The van der Waals surface area contributed by atoms with Gasteiger partial charge in [-0.25, -0.2) is 4.98 Å². The number of hydrogen-bond acceptors (Lipinski definition) is 7. The smallest absolute Gasteiger partial charge is 0.322 e. The Morgan fingerprint density at radius 2 is 2.26 bits per heavy atom. The Bertz CT molecular complexity index is 887. The van der Waals surface area contributed by atoms with Crippen molar-refractivity contribution in [2.45, 2.75) is 0 Å². The van der Waals surface area contributed by atoms with E-state index in [1.54, 1.807) is 18.2 Å². The van der Waals surface area contributed by atoms with Gasteiger partial charge in [0.15, 0.2) is 16.3 Å². The lowest BCUT2D eigenvalue weighted by molar-refractivity contribution is -0.134. The molecular formula is C14H10N4O4S. The number of nitrogens with one attached hydrogen (secondary N) is 2. The van der Waals surface area contributed by atoms with Crippen LogP contribution < -0.4 is 14.8 Å². The lowest BCUT2D eigenvalue weighted by Gasteiger charge is -2.10. The molecule has 2 aromatic rings. The average molecular weight is 330 g/mol. The lowest BCUT2D eigenvalue weighted by atomic mass is 10.1. The standard InChI is InChI=1S/C14H10N4O4S/c15-4-8-12(7-1-2-9-10(3-7)22-6-21-9)17-14(23)18-13(8)16-5-11(19)20/h1-3H,5-6H2,(H,19,20)(H2,16,17,18,23). The molecule has 2 heterocycles. The van der Waals surface area contributed by atoms with Gasteiger partial charge in [0.05, 0.1) is 5.69 Å². The number of aliphatic carboxylic acids is 1. The van der Waals surface area contributed by atoms with Gasteiger partial charge in [0.1, 0.15) is 24.0 Å². The highest BCUT2D eigenvalue weighted by molar-refractivity contribution is 7.71. The van der Waals surface area contributed by atoms with Crippen molar-refractivity contribution in [3.63, 3.8) is 0 Å². The first-order valence-corrected chi connectivity index (χ1v) is 6.89. The number of carboxylic acid groups (broad SMARTS) is 1. The maximum atomic E-state index is 10.7. The molecule has 3 N–H and O–H groups in total. The van der Waals surface area contributed by atoms with Gasteiger partial charge in [-0.3, -0.25) is 4.79 Å². The second kappa shape index (κ2) is 5.94. The third kappa shape index (κ3) is 2.93. The van der Waals surface area contributed by atoms with Crippen molar-refractivity contribution in [3.05, 3.63) is 28.5 Å². The number of hydrogen-bond donors (Lipinski definition) is 3. The molecule has 0 bridgehead atoms. The van der Waals surface area contributed by atoms with Crippen LogP contribution in [0.1, 0.15) is 5.56 Å². The zero-order valence-corrected chi connectivity index (χ0v) is 12.4. The van der Waals surface area contributed by atoms with E-state index in [1.165, 1.54) is 0 Å². The van der Waals surface area contributed by atoms with Gasteiger partial charge >= 0.3 is 5.97 Å². The molecule has 0 amide bonds. The molecule has 23 heavy (non-hydrogen) atoms. The zero-order chi connectivity index (χ0) is 16.4. The fourth-order valence-corrected chi connectivity index (χ4v) is 2.33. The van der Waals surface area contributed by atoms with E-state index >= 15 is 0 Å². The number of nitrogens with zero attached hydrogens (tertiary/aromatic N) is 2. The van der Waals surface area contributed by atoms with Gasteiger partial charge in [0.2, 0.25) is 6.79 Å². The molecule has 1 aromatic carbocycles. The molecule has 0 spiro atoms. The number of nitriles is 1. The maximum Gasteiger partial charge on any atom is 0.322 e. The predicted octanol–water partition coefficient (Wildman–Crippen LogP) is 1.90. The SMILES string of the molecule is N#Cc1c(NCC(=O)O)nc(=S)[nH]c1-c1ccc2c(c1)OCO2. The molecule has 1 aromatic heterocycles. The summed E-state index contributed by atoms with van der Waals surface area (Å²) in [6.07, 6.45) is 0. The first kappa shape index (κ1) is 14.8. The lowest BCUT2D eigenvalue weighted by Crippen LogP contribution is -2.15. The summed E-state index contributed by atoms with van der Waals surface area (Å²) >= 11 is 5.05. The molecule has 1 aliphatic heterocycles. The Kier molecular flexibility index (Phi) is 3.82. The van der Waals surface area contributed by atoms with Crippen molar-refractivity contribution in [2.24, 2.45) is 0 Å². The number of H-pyrrole nitrogens is 1. The molecule has 0 unspecified atom stereocenters. The fraction of sp³-hybridized carbons (Fsp3) is 0.143. The molecule has 1 aliphatic rings. The third-order valence-electron chi connectivity index (χ3n) is 3.11. The first-order chi connectivity index (χ1) is 11.1. The van der Waals surface area contributed by atoms with Crippen molar-refractivity contribution < 1.29 is 19.4 Å². The number of anilines is 1. The zero-order valence-electron chi connectivity index (χ0n) is 11.6. The first-order valence-electron chi connectivity index (χ1n) is 6.48. The minimum absolute atomic E-state index is 0.117. The van der Waals surface area contributed by atoms with E-state index in [0.29, 0.717) is 22.8 Å². The van der Waals surface area contributed by atoms with Crippen LogP contribution in [0.3, 0.4) is 0 Å². The van der Waals surface area contributed by atoms with Crippen LogP contribution in [-0.4, -0.2) is 34.4 Å². The van der Waals surface area contributed by atoms with E-state index in [4.69, 9.17) is 26.8 Å². The van der Waals surface area contributed by atoms with Crippen LogP contribution in [0.5, 0.6) is 11.5 Å². The Balaban J connectivity index is 2.10. The van der Waals surface area contributed by atoms with Gasteiger partial charge in [0.25, 0.3) is 0 Å². The number of ether oxygens (including phenoxy) is 2.